The molecule has 5 heteroatoms. The van der Waals surface area contributed by atoms with Crippen molar-refractivity contribution in [2.75, 3.05) is 19.7 Å². The molecule has 0 aromatic rings. The molecule has 1 N–H and O–H groups in total. The Balaban J connectivity index is 2.39. The molecule has 0 atom stereocenters. The van der Waals surface area contributed by atoms with E-state index in [1.807, 2.05) is 0 Å². The summed E-state index contributed by atoms with van der Waals surface area (Å²) in [5.74, 6) is -4.44. The molecular formula is C7H11F2NO2. The summed E-state index contributed by atoms with van der Waals surface area (Å²) in [5, 5.41) is 8.56. The monoisotopic (exact) mass is 179 g/mol. The van der Waals surface area contributed by atoms with Crippen molar-refractivity contribution in [1.82, 2.24) is 4.90 Å². The van der Waals surface area contributed by atoms with Crippen LogP contribution in [0.25, 0.3) is 0 Å². The molecule has 1 fully saturated rings. The van der Waals surface area contributed by atoms with Gasteiger partial charge in [0.1, 0.15) is 0 Å². The number of rotatable bonds is 2. The van der Waals surface area contributed by atoms with Crippen molar-refractivity contribution in [2.45, 2.75) is 12.8 Å². The van der Waals surface area contributed by atoms with Gasteiger partial charge in [-0.2, -0.15) is 8.78 Å². The molecular weight excluding hydrogens is 168 g/mol. The second kappa shape index (κ2) is 2.97. The van der Waals surface area contributed by atoms with Crippen molar-refractivity contribution in [3.8, 4) is 0 Å². The van der Waals surface area contributed by atoms with E-state index in [1.54, 1.807) is 0 Å². The molecule has 0 spiro atoms. The quantitative estimate of drug-likeness (QED) is 0.652. The van der Waals surface area contributed by atoms with Crippen LogP contribution in [0.1, 0.15) is 6.92 Å². The molecule has 0 radical (unpaired) electrons. The molecule has 0 aliphatic carbocycles. The maximum absolute atomic E-state index is 12.4. The van der Waals surface area contributed by atoms with Gasteiger partial charge < -0.3 is 10.0 Å². The number of hydrogen-bond acceptors (Lipinski definition) is 2. The van der Waals surface area contributed by atoms with E-state index < -0.39 is 11.8 Å². The van der Waals surface area contributed by atoms with Crippen molar-refractivity contribution < 1.29 is 18.7 Å². The van der Waals surface area contributed by atoms with E-state index in [0.29, 0.717) is 6.92 Å². The van der Waals surface area contributed by atoms with E-state index >= 15 is 0 Å². The first-order valence-corrected chi connectivity index (χ1v) is 3.73. The Bertz CT molecular complexity index is 184. The molecule has 0 aromatic carbocycles. The standard InChI is InChI=1S/C7H11F2NO2/c1-7(8,9)6(12)10-2-5(3-10)4-11/h5,11H,2-4H2,1H3. The number of likely N-dealkylation sites (tertiary alicyclic amines) is 1. The average molecular weight is 179 g/mol. The Morgan fingerprint density at radius 1 is 1.67 bits per heavy atom. The van der Waals surface area contributed by atoms with Crippen LogP contribution in [0.2, 0.25) is 0 Å². The van der Waals surface area contributed by atoms with E-state index in [2.05, 4.69) is 0 Å². The number of carbonyl (C=O) groups excluding carboxylic acids is 1. The summed E-state index contributed by atoms with van der Waals surface area (Å²) < 4.78 is 24.7. The van der Waals surface area contributed by atoms with E-state index in [-0.39, 0.29) is 25.6 Å². The van der Waals surface area contributed by atoms with E-state index in [4.69, 9.17) is 5.11 Å². The Morgan fingerprint density at radius 2 is 2.17 bits per heavy atom. The van der Waals surface area contributed by atoms with Gasteiger partial charge in [0.05, 0.1) is 0 Å². The van der Waals surface area contributed by atoms with Crippen molar-refractivity contribution in [2.24, 2.45) is 5.92 Å². The Hall–Kier alpha value is -0.710. The van der Waals surface area contributed by atoms with Gasteiger partial charge in [-0.3, -0.25) is 4.79 Å². The second-order valence-corrected chi connectivity index (χ2v) is 3.15. The van der Waals surface area contributed by atoms with Gasteiger partial charge in [0.25, 0.3) is 5.91 Å². The first-order chi connectivity index (χ1) is 5.45. The summed E-state index contributed by atoms with van der Waals surface area (Å²) in [5.41, 5.74) is 0. The van der Waals surface area contributed by atoms with Crippen molar-refractivity contribution in [3.05, 3.63) is 0 Å². The van der Waals surface area contributed by atoms with Gasteiger partial charge in [0.2, 0.25) is 0 Å². The number of amides is 1. The first-order valence-electron chi connectivity index (χ1n) is 3.73. The minimum atomic E-state index is -3.28. The fraction of sp³-hybridized carbons (Fsp3) is 0.857. The SMILES string of the molecule is CC(F)(F)C(=O)N1CC(CO)C1. The maximum Gasteiger partial charge on any atom is 0.322 e. The largest absolute Gasteiger partial charge is 0.396 e. The Morgan fingerprint density at radius 3 is 2.50 bits per heavy atom. The number of nitrogens with zero attached hydrogens (tertiary/aromatic N) is 1. The molecule has 1 rings (SSSR count). The summed E-state index contributed by atoms with van der Waals surface area (Å²) in [6.45, 7) is 1.04. The van der Waals surface area contributed by atoms with Gasteiger partial charge in [0.15, 0.2) is 0 Å². The van der Waals surface area contributed by atoms with E-state index in [1.165, 1.54) is 0 Å². The van der Waals surface area contributed by atoms with Crippen LogP contribution < -0.4 is 0 Å². The van der Waals surface area contributed by atoms with Crippen LogP contribution in [-0.2, 0) is 4.79 Å². The highest BCUT2D eigenvalue weighted by Crippen LogP contribution is 2.22. The van der Waals surface area contributed by atoms with Crippen LogP contribution in [0.15, 0.2) is 0 Å². The molecule has 3 nitrogen and oxygen atoms in total. The van der Waals surface area contributed by atoms with Gasteiger partial charge in [-0.25, -0.2) is 0 Å². The molecule has 1 aliphatic heterocycles. The summed E-state index contributed by atoms with van der Waals surface area (Å²) >= 11 is 0. The minimum absolute atomic E-state index is 0.0173. The van der Waals surface area contributed by atoms with Gasteiger partial charge >= 0.3 is 5.92 Å². The van der Waals surface area contributed by atoms with Crippen molar-refractivity contribution in [3.63, 3.8) is 0 Å². The van der Waals surface area contributed by atoms with Crippen LogP contribution in [0.5, 0.6) is 0 Å². The highest BCUT2D eigenvalue weighted by atomic mass is 19.3. The molecule has 12 heavy (non-hydrogen) atoms. The molecule has 1 amide bonds. The topological polar surface area (TPSA) is 40.5 Å². The predicted octanol–water partition coefficient (Wildman–Crippen LogP) is 0.0923. The Labute approximate surface area is 69.0 Å². The number of carbonyl (C=O) groups is 1. The third-order valence-electron chi connectivity index (χ3n) is 1.88. The van der Waals surface area contributed by atoms with Crippen LogP contribution in [0.4, 0.5) is 8.78 Å². The zero-order valence-corrected chi connectivity index (χ0v) is 6.76. The highest BCUT2D eigenvalue weighted by molar-refractivity contribution is 5.83. The molecule has 1 aliphatic rings. The van der Waals surface area contributed by atoms with Crippen LogP contribution in [0.3, 0.4) is 0 Å². The zero-order valence-electron chi connectivity index (χ0n) is 6.76. The lowest BCUT2D eigenvalue weighted by Gasteiger charge is -2.39. The third kappa shape index (κ3) is 1.72. The lowest BCUT2D eigenvalue weighted by atomic mass is 10.0. The number of aliphatic hydroxyl groups excluding tert-OH is 1. The number of alkyl halides is 2. The Kier molecular flexibility index (Phi) is 2.32. The molecule has 0 bridgehead atoms. The molecule has 1 heterocycles. The molecule has 1 saturated heterocycles. The van der Waals surface area contributed by atoms with Crippen molar-refractivity contribution >= 4 is 5.91 Å². The third-order valence-corrected chi connectivity index (χ3v) is 1.88. The van der Waals surface area contributed by atoms with Gasteiger partial charge in [-0.1, -0.05) is 0 Å². The zero-order chi connectivity index (χ0) is 9.35. The summed E-state index contributed by atoms with van der Waals surface area (Å²) in [6.07, 6.45) is 0. The number of aliphatic hydroxyl groups is 1. The van der Waals surface area contributed by atoms with Gasteiger partial charge in [-0.05, 0) is 0 Å². The molecule has 0 aromatic heterocycles. The van der Waals surface area contributed by atoms with Gasteiger partial charge in [0, 0.05) is 32.5 Å². The van der Waals surface area contributed by atoms with Crippen LogP contribution in [-0.4, -0.2) is 41.5 Å². The molecule has 0 unspecified atom stereocenters. The number of hydrogen-bond donors (Lipinski definition) is 1. The fourth-order valence-electron chi connectivity index (χ4n) is 1.13. The second-order valence-electron chi connectivity index (χ2n) is 3.15. The smallest absolute Gasteiger partial charge is 0.322 e. The summed E-state index contributed by atoms with van der Waals surface area (Å²) in [7, 11) is 0. The average Bonchev–Trinajstić information content (AvgIpc) is 1.83. The summed E-state index contributed by atoms with van der Waals surface area (Å²) in [6, 6.07) is 0. The van der Waals surface area contributed by atoms with E-state index in [0.717, 1.165) is 4.90 Å². The predicted molar refractivity (Wildman–Crippen MR) is 37.8 cm³/mol. The highest BCUT2D eigenvalue weighted by Gasteiger charge is 2.41. The first kappa shape index (κ1) is 9.38. The normalized spacial score (nSPS) is 19.2. The molecule has 70 valence electrons. The van der Waals surface area contributed by atoms with Crippen LogP contribution in [0, 0.1) is 5.92 Å². The fourth-order valence-corrected chi connectivity index (χ4v) is 1.13. The maximum atomic E-state index is 12.4. The molecule has 0 saturated carbocycles. The van der Waals surface area contributed by atoms with Gasteiger partial charge in [-0.15, -0.1) is 0 Å². The van der Waals surface area contributed by atoms with E-state index in [9.17, 15) is 13.6 Å². The van der Waals surface area contributed by atoms with Crippen LogP contribution >= 0.6 is 0 Å². The number of halogens is 2. The lowest BCUT2D eigenvalue weighted by molar-refractivity contribution is -0.162. The van der Waals surface area contributed by atoms with Crippen molar-refractivity contribution in [1.29, 1.82) is 0 Å². The lowest BCUT2D eigenvalue weighted by Crippen LogP contribution is -2.55. The minimum Gasteiger partial charge on any atom is -0.396 e. The summed E-state index contributed by atoms with van der Waals surface area (Å²) in [4.78, 5) is 11.9.